The van der Waals surface area contributed by atoms with Gasteiger partial charge in [0.1, 0.15) is 0 Å². The van der Waals surface area contributed by atoms with Crippen LogP contribution in [0.25, 0.3) is 10.8 Å². The fourth-order valence-electron chi connectivity index (χ4n) is 3.59. The lowest BCUT2D eigenvalue weighted by Crippen LogP contribution is -2.46. The maximum Gasteiger partial charge on any atom is 0.227 e. The van der Waals surface area contributed by atoms with Crippen molar-refractivity contribution >= 4 is 22.6 Å². The largest absolute Gasteiger partial charge is 0.352 e. The van der Waals surface area contributed by atoms with E-state index in [0.29, 0.717) is 19.6 Å². The number of hydrogen-bond acceptors (Lipinski definition) is 2. The normalized spacial score (nSPS) is 15.9. The summed E-state index contributed by atoms with van der Waals surface area (Å²) in [4.78, 5) is 26.8. The molecule has 4 nitrogen and oxygen atoms in total. The number of rotatable bonds is 3. The molecular weight excluding hydrogens is 324 g/mol. The predicted molar refractivity (Wildman–Crippen MR) is 105 cm³/mol. The van der Waals surface area contributed by atoms with Gasteiger partial charge in [0.2, 0.25) is 11.8 Å². The molecule has 1 aliphatic heterocycles. The Hall–Kier alpha value is -2.36. The zero-order chi connectivity index (χ0) is 18.7. The van der Waals surface area contributed by atoms with Crippen molar-refractivity contribution in [2.75, 3.05) is 13.1 Å². The van der Waals surface area contributed by atoms with E-state index in [1.165, 1.54) is 10.8 Å². The van der Waals surface area contributed by atoms with Crippen molar-refractivity contribution in [2.24, 2.45) is 11.3 Å². The van der Waals surface area contributed by atoms with E-state index in [0.717, 1.165) is 18.4 Å². The Morgan fingerprint density at radius 1 is 1.04 bits per heavy atom. The van der Waals surface area contributed by atoms with E-state index in [4.69, 9.17) is 0 Å². The molecule has 138 valence electrons. The number of piperidine rings is 1. The van der Waals surface area contributed by atoms with Gasteiger partial charge in [-0.2, -0.15) is 0 Å². The summed E-state index contributed by atoms with van der Waals surface area (Å²) in [6, 6.07) is 14.4. The van der Waals surface area contributed by atoms with Crippen LogP contribution in [-0.4, -0.2) is 29.8 Å². The second-order valence-electron chi connectivity index (χ2n) is 8.17. The highest BCUT2D eigenvalue weighted by atomic mass is 16.2. The smallest absolute Gasteiger partial charge is 0.227 e. The molecule has 0 atom stereocenters. The summed E-state index contributed by atoms with van der Waals surface area (Å²) in [5.41, 5.74) is 0.778. The monoisotopic (exact) mass is 352 g/mol. The molecule has 0 radical (unpaired) electrons. The molecule has 0 spiro atoms. The van der Waals surface area contributed by atoms with E-state index in [9.17, 15) is 9.59 Å². The van der Waals surface area contributed by atoms with E-state index in [1.54, 1.807) is 0 Å². The SMILES string of the molecule is CC(C)(C)C(=O)N1CCC(C(=O)NCc2cccc3ccccc23)CC1. The molecule has 4 heteroatoms. The van der Waals surface area contributed by atoms with Crippen LogP contribution in [0.15, 0.2) is 42.5 Å². The van der Waals surface area contributed by atoms with Gasteiger partial charge in [-0.15, -0.1) is 0 Å². The van der Waals surface area contributed by atoms with Gasteiger partial charge >= 0.3 is 0 Å². The van der Waals surface area contributed by atoms with E-state index in [2.05, 4.69) is 29.6 Å². The van der Waals surface area contributed by atoms with Gasteiger partial charge < -0.3 is 10.2 Å². The third-order valence-corrected chi connectivity index (χ3v) is 5.13. The molecule has 1 saturated heterocycles. The predicted octanol–water partition coefficient (Wildman–Crippen LogP) is 3.74. The van der Waals surface area contributed by atoms with Crippen molar-refractivity contribution < 1.29 is 9.59 Å². The zero-order valence-corrected chi connectivity index (χ0v) is 15.9. The topological polar surface area (TPSA) is 49.4 Å². The molecular formula is C22H28N2O2. The number of benzene rings is 2. The van der Waals surface area contributed by atoms with E-state index >= 15 is 0 Å². The fraction of sp³-hybridized carbons (Fsp3) is 0.455. The van der Waals surface area contributed by atoms with Gasteiger partial charge in [0.25, 0.3) is 0 Å². The van der Waals surface area contributed by atoms with Crippen LogP contribution in [0.1, 0.15) is 39.2 Å². The first kappa shape index (κ1) is 18.4. The first-order valence-electron chi connectivity index (χ1n) is 9.40. The molecule has 26 heavy (non-hydrogen) atoms. The van der Waals surface area contributed by atoms with Crippen molar-refractivity contribution in [3.05, 3.63) is 48.0 Å². The molecule has 0 saturated carbocycles. The minimum Gasteiger partial charge on any atom is -0.352 e. The average Bonchev–Trinajstić information content (AvgIpc) is 2.65. The van der Waals surface area contributed by atoms with Crippen molar-refractivity contribution in [2.45, 2.75) is 40.2 Å². The maximum absolute atomic E-state index is 12.6. The molecule has 1 heterocycles. The molecule has 0 aromatic heterocycles. The molecule has 2 aromatic carbocycles. The number of hydrogen-bond donors (Lipinski definition) is 1. The van der Waals surface area contributed by atoms with Gasteiger partial charge in [-0.1, -0.05) is 63.2 Å². The number of amides is 2. The van der Waals surface area contributed by atoms with Gasteiger partial charge in [-0.3, -0.25) is 9.59 Å². The third kappa shape index (κ3) is 4.06. The molecule has 0 bridgehead atoms. The lowest BCUT2D eigenvalue weighted by Gasteiger charge is -2.35. The Morgan fingerprint density at radius 2 is 1.69 bits per heavy atom. The molecule has 0 aliphatic carbocycles. The number of nitrogens with zero attached hydrogens (tertiary/aromatic N) is 1. The molecule has 2 aromatic rings. The summed E-state index contributed by atoms with van der Waals surface area (Å²) in [6.45, 7) is 7.71. The number of nitrogens with one attached hydrogen (secondary N) is 1. The van der Waals surface area contributed by atoms with Crippen LogP contribution in [0.5, 0.6) is 0 Å². The minimum absolute atomic E-state index is 0.00556. The zero-order valence-electron chi connectivity index (χ0n) is 15.9. The molecule has 0 unspecified atom stereocenters. The number of fused-ring (bicyclic) bond motifs is 1. The fourth-order valence-corrected chi connectivity index (χ4v) is 3.59. The quantitative estimate of drug-likeness (QED) is 0.915. The summed E-state index contributed by atoms with van der Waals surface area (Å²) in [7, 11) is 0. The Balaban J connectivity index is 1.56. The number of carbonyl (C=O) groups is 2. The van der Waals surface area contributed by atoms with Crippen molar-refractivity contribution in [3.8, 4) is 0 Å². The Kier molecular flexibility index (Phi) is 5.30. The van der Waals surface area contributed by atoms with Gasteiger partial charge in [0.15, 0.2) is 0 Å². The lowest BCUT2D eigenvalue weighted by molar-refractivity contribution is -0.142. The van der Waals surface area contributed by atoms with Gasteiger partial charge in [-0.05, 0) is 29.2 Å². The lowest BCUT2D eigenvalue weighted by atomic mass is 9.90. The van der Waals surface area contributed by atoms with E-state index in [-0.39, 0.29) is 23.1 Å². The Labute approximate surface area is 155 Å². The molecule has 1 N–H and O–H groups in total. The second-order valence-corrected chi connectivity index (χ2v) is 8.17. The van der Waals surface area contributed by atoms with Crippen molar-refractivity contribution in [1.29, 1.82) is 0 Å². The summed E-state index contributed by atoms with van der Waals surface area (Å²) in [6.07, 6.45) is 1.48. The maximum atomic E-state index is 12.6. The van der Waals surface area contributed by atoms with Gasteiger partial charge in [0, 0.05) is 31.0 Å². The summed E-state index contributed by atoms with van der Waals surface area (Å²) in [5.74, 6) is 0.266. The first-order valence-corrected chi connectivity index (χ1v) is 9.40. The van der Waals surface area contributed by atoms with Crippen molar-refractivity contribution in [3.63, 3.8) is 0 Å². The van der Waals surface area contributed by atoms with Crippen LogP contribution in [0.2, 0.25) is 0 Å². The highest BCUT2D eigenvalue weighted by molar-refractivity contribution is 5.86. The minimum atomic E-state index is -0.358. The third-order valence-electron chi connectivity index (χ3n) is 5.13. The molecule has 3 rings (SSSR count). The van der Waals surface area contributed by atoms with Crippen molar-refractivity contribution in [1.82, 2.24) is 10.2 Å². The molecule has 2 amide bonds. The first-order chi connectivity index (χ1) is 12.4. The standard InChI is InChI=1S/C22H28N2O2/c1-22(2,3)21(26)24-13-11-17(12-14-24)20(25)23-15-18-9-6-8-16-7-4-5-10-19(16)18/h4-10,17H,11-15H2,1-3H3,(H,23,25). The van der Waals surface area contributed by atoms with Crippen LogP contribution < -0.4 is 5.32 Å². The second kappa shape index (κ2) is 7.48. The molecule has 1 aliphatic rings. The van der Waals surface area contributed by atoms with Crippen LogP contribution in [-0.2, 0) is 16.1 Å². The Bertz CT molecular complexity index is 794. The van der Waals surface area contributed by atoms with E-state index in [1.807, 2.05) is 43.9 Å². The Morgan fingerprint density at radius 3 is 2.38 bits per heavy atom. The highest BCUT2D eigenvalue weighted by Gasteiger charge is 2.32. The molecule has 1 fully saturated rings. The summed E-state index contributed by atoms with van der Waals surface area (Å²) >= 11 is 0. The van der Waals surface area contributed by atoms with Crippen LogP contribution >= 0.6 is 0 Å². The van der Waals surface area contributed by atoms with Gasteiger partial charge in [0.05, 0.1) is 0 Å². The number of likely N-dealkylation sites (tertiary alicyclic amines) is 1. The van der Waals surface area contributed by atoms with Crippen LogP contribution in [0.4, 0.5) is 0 Å². The van der Waals surface area contributed by atoms with Gasteiger partial charge in [-0.25, -0.2) is 0 Å². The van der Waals surface area contributed by atoms with Crippen LogP contribution in [0, 0.1) is 11.3 Å². The summed E-state index contributed by atoms with van der Waals surface area (Å²) < 4.78 is 0. The highest BCUT2D eigenvalue weighted by Crippen LogP contribution is 2.24. The van der Waals surface area contributed by atoms with Crippen LogP contribution in [0.3, 0.4) is 0 Å². The van der Waals surface area contributed by atoms with E-state index < -0.39 is 0 Å². The summed E-state index contributed by atoms with van der Waals surface area (Å²) in [5, 5.41) is 5.46. The number of carbonyl (C=O) groups excluding carboxylic acids is 2. The average molecular weight is 352 g/mol.